The summed E-state index contributed by atoms with van der Waals surface area (Å²) in [6.07, 6.45) is 1.16. The first-order valence-corrected chi connectivity index (χ1v) is 10.1. The highest BCUT2D eigenvalue weighted by Gasteiger charge is 2.12. The molecule has 0 radical (unpaired) electrons. The highest BCUT2D eigenvalue weighted by Crippen LogP contribution is 2.22. The van der Waals surface area contributed by atoms with E-state index < -0.39 is 0 Å². The average Bonchev–Trinajstić information content (AvgIpc) is 3.03. The molecule has 0 atom stereocenters. The van der Waals surface area contributed by atoms with Crippen molar-refractivity contribution in [1.82, 2.24) is 9.88 Å². The monoisotopic (exact) mass is 363 g/mol. The van der Waals surface area contributed by atoms with Crippen LogP contribution in [0.4, 0.5) is 10.5 Å². The second-order valence-corrected chi connectivity index (χ2v) is 8.05. The molecule has 0 saturated heterocycles. The molecule has 0 fully saturated rings. The van der Waals surface area contributed by atoms with E-state index in [1.165, 1.54) is 4.90 Å². The van der Waals surface area contributed by atoms with Crippen LogP contribution in [0.3, 0.4) is 0 Å². The summed E-state index contributed by atoms with van der Waals surface area (Å²) >= 11 is 3.48. The van der Waals surface area contributed by atoms with Gasteiger partial charge in [-0.25, -0.2) is 9.78 Å². The van der Waals surface area contributed by atoms with Gasteiger partial charge in [0.1, 0.15) is 0 Å². The molecule has 6 heteroatoms. The Morgan fingerprint density at radius 1 is 1.33 bits per heavy atom. The SMILES string of the molecule is CCCSc1ccc(NC(=O)N(C)Cc2csc(C(C)C)n2)cc1. The number of hydrogen-bond donors (Lipinski definition) is 1. The van der Waals surface area contributed by atoms with Crippen LogP contribution in [0.5, 0.6) is 0 Å². The van der Waals surface area contributed by atoms with Gasteiger partial charge >= 0.3 is 6.03 Å². The summed E-state index contributed by atoms with van der Waals surface area (Å²) in [5, 5.41) is 6.06. The lowest BCUT2D eigenvalue weighted by atomic mass is 10.2. The summed E-state index contributed by atoms with van der Waals surface area (Å²) < 4.78 is 0. The zero-order valence-corrected chi connectivity index (χ0v) is 16.3. The predicted octanol–water partition coefficient (Wildman–Crippen LogP) is 5.43. The van der Waals surface area contributed by atoms with Crippen LogP contribution in [0.2, 0.25) is 0 Å². The average molecular weight is 364 g/mol. The molecule has 0 saturated carbocycles. The Hall–Kier alpha value is -1.53. The number of thioether (sulfide) groups is 1. The van der Waals surface area contributed by atoms with Gasteiger partial charge in [0.05, 0.1) is 17.2 Å². The lowest BCUT2D eigenvalue weighted by molar-refractivity contribution is 0.220. The van der Waals surface area contributed by atoms with Gasteiger partial charge in [0.15, 0.2) is 0 Å². The Morgan fingerprint density at radius 3 is 2.62 bits per heavy atom. The maximum atomic E-state index is 12.3. The minimum Gasteiger partial charge on any atom is -0.322 e. The molecule has 130 valence electrons. The van der Waals surface area contributed by atoms with Crippen molar-refractivity contribution in [3.05, 3.63) is 40.3 Å². The van der Waals surface area contributed by atoms with E-state index in [-0.39, 0.29) is 6.03 Å². The molecule has 2 rings (SSSR count). The minimum absolute atomic E-state index is 0.122. The zero-order valence-electron chi connectivity index (χ0n) is 14.7. The second-order valence-electron chi connectivity index (χ2n) is 5.99. The van der Waals surface area contributed by atoms with E-state index in [9.17, 15) is 4.79 Å². The Kier molecular flexibility index (Phi) is 7.12. The maximum Gasteiger partial charge on any atom is 0.321 e. The van der Waals surface area contributed by atoms with Gasteiger partial charge in [-0.3, -0.25) is 0 Å². The molecular formula is C18H25N3OS2. The van der Waals surface area contributed by atoms with Crippen molar-refractivity contribution in [3.8, 4) is 0 Å². The number of carbonyl (C=O) groups is 1. The molecule has 2 amide bonds. The van der Waals surface area contributed by atoms with Gasteiger partial charge < -0.3 is 10.2 Å². The number of thiazole rings is 1. The molecule has 24 heavy (non-hydrogen) atoms. The number of hydrogen-bond acceptors (Lipinski definition) is 4. The molecule has 1 N–H and O–H groups in total. The fraction of sp³-hybridized carbons (Fsp3) is 0.444. The molecule has 0 aliphatic heterocycles. The number of nitrogens with one attached hydrogen (secondary N) is 1. The normalized spacial score (nSPS) is 10.9. The van der Waals surface area contributed by atoms with Gasteiger partial charge in [-0.15, -0.1) is 23.1 Å². The van der Waals surface area contributed by atoms with Gasteiger partial charge in [0.2, 0.25) is 0 Å². The molecule has 0 spiro atoms. The quantitative estimate of drug-likeness (QED) is 0.667. The number of urea groups is 1. The first-order chi connectivity index (χ1) is 11.5. The molecular weight excluding hydrogens is 338 g/mol. The number of anilines is 1. The summed E-state index contributed by atoms with van der Waals surface area (Å²) in [5.74, 6) is 1.53. The number of aromatic nitrogens is 1. The lowest BCUT2D eigenvalue weighted by Gasteiger charge is -2.17. The molecule has 1 heterocycles. The number of amides is 2. The van der Waals surface area contributed by atoms with Crippen LogP contribution < -0.4 is 5.32 Å². The van der Waals surface area contributed by atoms with Gasteiger partial charge in [-0.2, -0.15) is 0 Å². The lowest BCUT2D eigenvalue weighted by Crippen LogP contribution is -2.30. The van der Waals surface area contributed by atoms with E-state index in [2.05, 4.69) is 31.1 Å². The van der Waals surface area contributed by atoms with Crippen LogP contribution in [0.1, 0.15) is 43.8 Å². The van der Waals surface area contributed by atoms with Crippen LogP contribution in [0.25, 0.3) is 0 Å². The van der Waals surface area contributed by atoms with E-state index in [0.29, 0.717) is 12.5 Å². The predicted molar refractivity (Wildman–Crippen MR) is 104 cm³/mol. The van der Waals surface area contributed by atoms with Crippen molar-refractivity contribution in [2.45, 2.75) is 44.6 Å². The third kappa shape index (κ3) is 5.53. The van der Waals surface area contributed by atoms with Crippen molar-refractivity contribution in [2.24, 2.45) is 0 Å². The van der Waals surface area contributed by atoms with Crippen LogP contribution >= 0.6 is 23.1 Å². The molecule has 0 unspecified atom stereocenters. The van der Waals surface area contributed by atoms with Crippen molar-refractivity contribution in [1.29, 1.82) is 0 Å². The highest BCUT2D eigenvalue weighted by molar-refractivity contribution is 7.99. The Morgan fingerprint density at radius 2 is 2.04 bits per heavy atom. The van der Waals surface area contributed by atoms with E-state index in [1.54, 1.807) is 23.3 Å². The molecule has 1 aromatic heterocycles. The summed E-state index contributed by atoms with van der Waals surface area (Å²) in [4.78, 5) is 19.8. The fourth-order valence-electron chi connectivity index (χ4n) is 2.05. The fourth-order valence-corrected chi connectivity index (χ4v) is 3.64. The molecule has 0 bridgehead atoms. The van der Waals surface area contributed by atoms with E-state index >= 15 is 0 Å². The number of carbonyl (C=O) groups excluding carboxylic acids is 1. The number of rotatable bonds is 7. The molecule has 4 nitrogen and oxygen atoms in total. The van der Waals surface area contributed by atoms with Crippen molar-refractivity contribution in [3.63, 3.8) is 0 Å². The topological polar surface area (TPSA) is 45.2 Å². The summed E-state index contributed by atoms with van der Waals surface area (Å²) in [7, 11) is 1.79. The van der Waals surface area contributed by atoms with E-state index in [1.807, 2.05) is 41.4 Å². The van der Waals surface area contributed by atoms with Gasteiger partial charge in [0.25, 0.3) is 0 Å². The van der Waals surface area contributed by atoms with Crippen molar-refractivity contribution in [2.75, 3.05) is 18.1 Å². The Balaban J connectivity index is 1.88. The highest BCUT2D eigenvalue weighted by atomic mass is 32.2. The van der Waals surface area contributed by atoms with Gasteiger partial charge in [0, 0.05) is 28.9 Å². The summed E-state index contributed by atoms with van der Waals surface area (Å²) in [5.41, 5.74) is 1.75. The standard InChI is InChI=1S/C18H25N3OS2/c1-5-10-23-16-8-6-14(7-9-16)20-18(22)21(4)11-15-12-24-17(19-15)13(2)3/h6-9,12-13H,5,10-11H2,1-4H3,(H,20,22). The van der Waals surface area contributed by atoms with Crippen LogP contribution in [-0.4, -0.2) is 28.7 Å². The van der Waals surface area contributed by atoms with Gasteiger partial charge in [-0.05, 0) is 36.4 Å². The first-order valence-electron chi connectivity index (χ1n) is 8.19. The van der Waals surface area contributed by atoms with Crippen LogP contribution in [0, 0.1) is 0 Å². The minimum atomic E-state index is -0.122. The second kappa shape index (κ2) is 9.08. The van der Waals surface area contributed by atoms with Crippen molar-refractivity contribution < 1.29 is 4.79 Å². The zero-order chi connectivity index (χ0) is 17.5. The largest absolute Gasteiger partial charge is 0.322 e. The van der Waals surface area contributed by atoms with Crippen molar-refractivity contribution >= 4 is 34.8 Å². The number of benzene rings is 1. The summed E-state index contributed by atoms with van der Waals surface area (Å²) in [6.45, 7) is 6.94. The van der Waals surface area contributed by atoms with E-state index in [4.69, 9.17) is 0 Å². The third-order valence-electron chi connectivity index (χ3n) is 3.39. The molecule has 2 aromatic rings. The third-order valence-corrected chi connectivity index (χ3v) is 5.80. The smallest absolute Gasteiger partial charge is 0.321 e. The molecule has 0 aliphatic carbocycles. The maximum absolute atomic E-state index is 12.3. The van der Waals surface area contributed by atoms with Crippen LogP contribution in [-0.2, 0) is 6.54 Å². The Bertz CT molecular complexity index is 653. The molecule has 1 aromatic carbocycles. The first kappa shape index (κ1) is 18.8. The van der Waals surface area contributed by atoms with E-state index in [0.717, 1.165) is 28.6 Å². The summed E-state index contributed by atoms with van der Waals surface area (Å²) in [6, 6.07) is 7.87. The van der Waals surface area contributed by atoms with Gasteiger partial charge in [-0.1, -0.05) is 20.8 Å². The molecule has 0 aliphatic rings. The Labute approximate surface area is 152 Å². The van der Waals surface area contributed by atoms with Crippen LogP contribution in [0.15, 0.2) is 34.5 Å². The number of nitrogens with zero attached hydrogens (tertiary/aromatic N) is 2.